The number of hydrogen-bond acceptors (Lipinski definition) is 5. The van der Waals surface area contributed by atoms with Crippen LogP contribution < -0.4 is 0 Å². The fourth-order valence-electron chi connectivity index (χ4n) is 9.22. The van der Waals surface area contributed by atoms with E-state index in [4.69, 9.17) is 15.0 Å². The Labute approximate surface area is 294 Å². The van der Waals surface area contributed by atoms with Gasteiger partial charge < -0.3 is 0 Å². The van der Waals surface area contributed by atoms with Gasteiger partial charge in [0.15, 0.2) is 17.5 Å². The van der Waals surface area contributed by atoms with Crippen molar-refractivity contribution in [2.75, 3.05) is 0 Å². The minimum atomic E-state index is 0.223. The van der Waals surface area contributed by atoms with E-state index >= 15 is 0 Å². The summed E-state index contributed by atoms with van der Waals surface area (Å²) >= 11 is 0. The summed E-state index contributed by atoms with van der Waals surface area (Å²) in [6.45, 7) is 4.82. The van der Waals surface area contributed by atoms with Crippen LogP contribution in [0.1, 0.15) is 69.1 Å². The standard InChI is InChI=1S/C45H39N5/c1-3-30-21-32-20-29(2)24-45(25-30,26-32)41-19-18-37(39-14-7-8-15-40(39)41)34-16-17-38(36(23-34)28-47)44-49-42(33-11-5-4-6-12-33)48-43(50-44)35-13-9-10-31(22-35)27-46/h4-19,22-23,29-30,32H,3,20-21,24-26H2,1-2H3/t29-,30+,32-,45?/m0/s1. The van der Waals surface area contributed by atoms with E-state index in [2.05, 4.69) is 68.5 Å². The van der Waals surface area contributed by atoms with Crippen LogP contribution in [-0.4, -0.2) is 15.0 Å². The maximum absolute atomic E-state index is 10.5. The van der Waals surface area contributed by atoms with E-state index in [0.717, 1.165) is 34.4 Å². The van der Waals surface area contributed by atoms with Crippen LogP contribution in [0.5, 0.6) is 0 Å². The van der Waals surface area contributed by atoms with E-state index in [9.17, 15) is 10.5 Å². The second kappa shape index (κ2) is 13.0. The number of nitriles is 2. The molecule has 0 radical (unpaired) electrons. The lowest BCUT2D eigenvalue weighted by Gasteiger charge is -2.51. The van der Waals surface area contributed by atoms with E-state index in [1.807, 2.05) is 54.6 Å². The highest BCUT2D eigenvalue weighted by molar-refractivity contribution is 5.99. The summed E-state index contributed by atoms with van der Waals surface area (Å²) in [6.07, 6.45) is 7.83. The minimum Gasteiger partial charge on any atom is -0.208 e. The van der Waals surface area contributed by atoms with Gasteiger partial charge in [-0.05, 0) is 107 Å². The third-order valence-corrected chi connectivity index (χ3v) is 11.2. The van der Waals surface area contributed by atoms with Gasteiger partial charge >= 0.3 is 0 Å². The van der Waals surface area contributed by atoms with Crippen LogP contribution in [0.4, 0.5) is 0 Å². The first-order valence-electron chi connectivity index (χ1n) is 17.9. The van der Waals surface area contributed by atoms with Crippen LogP contribution in [0.2, 0.25) is 0 Å². The topological polar surface area (TPSA) is 86.2 Å². The van der Waals surface area contributed by atoms with Crippen molar-refractivity contribution in [3.8, 4) is 57.4 Å². The van der Waals surface area contributed by atoms with Crippen LogP contribution in [0.3, 0.4) is 0 Å². The SMILES string of the molecule is CC[C@@H]1C[C@@H]2C[C@H](C)CC(c3ccc(-c4ccc(-c5nc(-c6ccccc6)nc(-c6cccc(C#N)c6)n5)c(C#N)c4)c4ccccc34)(C1)C2. The molecule has 2 bridgehead atoms. The molecule has 8 rings (SSSR count). The number of fused-ring (bicyclic) bond motifs is 3. The van der Waals surface area contributed by atoms with Crippen molar-refractivity contribution in [3.63, 3.8) is 0 Å². The van der Waals surface area contributed by atoms with E-state index < -0.39 is 0 Å². The maximum Gasteiger partial charge on any atom is 0.165 e. The first-order chi connectivity index (χ1) is 24.5. The van der Waals surface area contributed by atoms with Gasteiger partial charge in [0.25, 0.3) is 0 Å². The molecule has 1 heterocycles. The average molecular weight is 650 g/mol. The minimum absolute atomic E-state index is 0.223. The van der Waals surface area contributed by atoms with Gasteiger partial charge in [-0.15, -0.1) is 0 Å². The molecule has 2 aliphatic rings. The Kier molecular flexibility index (Phi) is 8.21. The molecule has 2 aliphatic carbocycles. The van der Waals surface area contributed by atoms with Gasteiger partial charge in [-0.2, -0.15) is 10.5 Å². The lowest BCUT2D eigenvalue weighted by Crippen LogP contribution is -2.42. The molecular weight excluding hydrogens is 611 g/mol. The van der Waals surface area contributed by atoms with Crippen LogP contribution in [0.15, 0.2) is 109 Å². The number of rotatable bonds is 6. The number of nitrogens with zero attached hydrogens (tertiary/aromatic N) is 5. The molecule has 6 aromatic rings. The largest absolute Gasteiger partial charge is 0.208 e. The number of benzene rings is 5. The summed E-state index contributed by atoms with van der Waals surface area (Å²) in [6, 6.07) is 41.3. The molecule has 2 saturated carbocycles. The highest BCUT2D eigenvalue weighted by Crippen LogP contribution is 2.56. The Bertz CT molecular complexity index is 2310. The van der Waals surface area contributed by atoms with Gasteiger partial charge in [-0.1, -0.05) is 105 Å². The smallest absolute Gasteiger partial charge is 0.165 e. The molecule has 0 spiro atoms. The van der Waals surface area contributed by atoms with E-state index in [-0.39, 0.29) is 5.41 Å². The van der Waals surface area contributed by atoms with Crippen molar-refractivity contribution in [3.05, 3.63) is 126 Å². The Hall–Kier alpha value is -5.65. The van der Waals surface area contributed by atoms with Crippen molar-refractivity contribution in [2.45, 2.75) is 57.8 Å². The predicted molar refractivity (Wildman–Crippen MR) is 200 cm³/mol. The van der Waals surface area contributed by atoms with Gasteiger partial charge in [0.2, 0.25) is 0 Å². The molecule has 5 nitrogen and oxygen atoms in total. The summed E-state index contributed by atoms with van der Waals surface area (Å²) < 4.78 is 0. The summed E-state index contributed by atoms with van der Waals surface area (Å²) in [4.78, 5) is 14.5. The second-order valence-corrected chi connectivity index (χ2v) is 14.6. The molecule has 5 heteroatoms. The molecule has 1 unspecified atom stereocenters. The second-order valence-electron chi connectivity index (χ2n) is 14.6. The Morgan fingerprint density at radius 2 is 1.36 bits per heavy atom. The first-order valence-corrected chi connectivity index (χ1v) is 17.9. The molecule has 5 aromatic carbocycles. The molecule has 2 fully saturated rings. The fraction of sp³-hybridized carbons (Fsp3) is 0.267. The molecule has 0 saturated heterocycles. The molecule has 0 amide bonds. The van der Waals surface area contributed by atoms with Crippen LogP contribution in [0.25, 0.3) is 56.1 Å². The van der Waals surface area contributed by atoms with Crippen LogP contribution in [-0.2, 0) is 5.41 Å². The zero-order chi connectivity index (χ0) is 34.2. The van der Waals surface area contributed by atoms with Crippen molar-refractivity contribution < 1.29 is 0 Å². The third-order valence-electron chi connectivity index (χ3n) is 11.2. The monoisotopic (exact) mass is 649 g/mol. The predicted octanol–water partition coefficient (Wildman–Crippen LogP) is 10.9. The first kappa shape index (κ1) is 31.6. The Balaban J connectivity index is 1.24. The normalized spacial score (nSPS) is 21.3. The Morgan fingerprint density at radius 1 is 0.640 bits per heavy atom. The van der Waals surface area contributed by atoms with E-state index in [0.29, 0.717) is 39.7 Å². The average Bonchev–Trinajstić information content (AvgIpc) is 3.16. The van der Waals surface area contributed by atoms with Crippen LogP contribution >= 0.6 is 0 Å². The maximum atomic E-state index is 10.5. The molecule has 4 atom stereocenters. The molecule has 244 valence electrons. The number of aromatic nitrogens is 3. The fourth-order valence-corrected chi connectivity index (χ4v) is 9.22. The summed E-state index contributed by atoms with van der Waals surface area (Å²) in [5.74, 6) is 3.72. The lowest BCUT2D eigenvalue weighted by atomic mass is 9.53. The summed E-state index contributed by atoms with van der Waals surface area (Å²) in [5.41, 5.74) is 7.08. The molecule has 50 heavy (non-hydrogen) atoms. The quantitative estimate of drug-likeness (QED) is 0.179. The third kappa shape index (κ3) is 5.74. The van der Waals surface area contributed by atoms with Gasteiger partial charge in [0.1, 0.15) is 0 Å². The number of hydrogen-bond donors (Lipinski definition) is 0. The van der Waals surface area contributed by atoms with Gasteiger partial charge in [0.05, 0.1) is 23.3 Å². The molecular formula is C45H39N5. The zero-order valence-electron chi connectivity index (χ0n) is 28.6. The van der Waals surface area contributed by atoms with Gasteiger partial charge in [-0.25, -0.2) is 15.0 Å². The lowest BCUT2D eigenvalue weighted by molar-refractivity contribution is 0.0712. The molecule has 0 aliphatic heterocycles. The van der Waals surface area contributed by atoms with Crippen LogP contribution in [0, 0.1) is 40.4 Å². The van der Waals surface area contributed by atoms with Gasteiger partial charge in [-0.3, -0.25) is 0 Å². The van der Waals surface area contributed by atoms with E-state index in [1.54, 1.807) is 12.1 Å². The zero-order valence-corrected chi connectivity index (χ0v) is 28.6. The molecule has 0 N–H and O–H groups in total. The highest BCUT2D eigenvalue weighted by Gasteiger charge is 2.46. The molecule has 1 aromatic heterocycles. The highest BCUT2D eigenvalue weighted by atomic mass is 15.0. The Morgan fingerprint density at radius 3 is 2.14 bits per heavy atom. The summed E-state index contributed by atoms with van der Waals surface area (Å²) in [7, 11) is 0. The summed E-state index contributed by atoms with van der Waals surface area (Å²) in [5, 5.41) is 22.6. The van der Waals surface area contributed by atoms with E-state index in [1.165, 1.54) is 54.9 Å². The van der Waals surface area contributed by atoms with Crippen molar-refractivity contribution in [1.29, 1.82) is 10.5 Å². The van der Waals surface area contributed by atoms with Crippen molar-refractivity contribution >= 4 is 10.8 Å². The van der Waals surface area contributed by atoms with Gasteiger partial charge in [0, 0.05) is 16.7 Å². The van der Waals surface area contributed by atoms with Crippen molar-refractivity contribution in [2.24, 2.45) is 17.8 Å². The van der Waals surface area contributed by atoms with Crippen molar-refractivity contribution in [1.82, 2.24) is 15.0 Å².